The third kappa shape index (κ3) is 10.9. The molecule has 0 heterocycles. The van der Waals surface area contributed by atoms with Crippen LogP contribution < -0.4 is 33.2 Å². The van der Waals surface area contributed by atoms with Crippen LogP contribution >= 0.6 is 0 Å². The van der Waals surface area contributed by atoms with Crippen molar-refractivity contribution in [2.45, 2.75) is 58.2 Å². The number of rotatable bonds is 13. The van der Waals surface area contributed by atoms with Crippen LogP contribution in [0.2, 0.25) is 0 Å². The third-order valence-electron chi connectivity index (χ3n) is 4.26. The van der Waals surface area contributed by atoms with Crippen molar-refractivity contribution in [1.29, 1.82) is 0 Å². The van der Waals surface area contributed by atoms with Gasteiger partial charge in [-0.1, -0.05) is 20.3 Å². The molecular weight excluding hydrogens is 382 g/mol. The van der Waals surface area contributed by atoms with Gasteiger partial charge in [0.25, 0.3) is 0 Å². The van der Waals surface area contributed by atoms with Crippen molar-refractivity contribution >= 4 is 29.7 Å². The van der Waals surface area contributed by atoms with Crippen LogP contribution in [0.3, 0.4) is 0 Å². The number of carboxylic acids is 1. The van der Waals surface area contributed by atoms with Crippen molar-refractivity contribution in [3.63, 3.8) is 0 Å². The fraction of sp³-hybridized carbons (Fsp3) is 0.706. The molecule has 0 aliphatic heterocycles. The molecule has 29 heavy (non-hydrogen) atoms. The molecule has 0 aromatic carbocycles. The lowest BCUT2D eigenvalue weighted by molar-refractivity contribution is -0.139. The normalized spacial score (nSPS) is 14.6. The first-order chi connectivity index (χ1) is 13.5. The highest BCUT2D eigenvalue weighted by atomic mass is 16.4. The monoisotopic (exact) mass is 415 g/mol. The maximum absolute atomic E-state index is 12.4. The molecule has 0 saturated carbocycles. The van der Waals surface area contributed by atoms with Gasteiger partial charge in [-0.3, -0.25) is 24.2 Å². The molecule has 0 spiro atoms. The van der Waals surface area contributed by atoms with Crippen molar-refractivity contribution in [3.8, 4) is 0 Å². The van der Waals surface area contributed by atoms with Gasteiger partial charge >= 0.3 is 5.97 Å². The molecule has 3 amide bonds. The summed E-state index contributed by atoms with van der Waals surface area (Å²) in [6.07, 6.45) is 1.39. The van der Waals surface area contributed by atoms with Gasteiger partial charge in [0, 0.05) is 6.54 Å². The smallest absolute Gasteiger partial charge is 0.322 e. The van der Waals surface area contributed by atoms with E-state index in [1.807, 2.05) is 6.92 Å². The Balaban J connectivity index is 4.72. The Morgan fingerprint density at radius 2 is 1.66 bits per heavy atom. The minimum Gasteiger partial charge on any atom is -0.480 e. The maximum Gasteiger partial charge on any atom is 0.322 e. The lowest BCUT2D eigenvalue weighted by Crippen LogP contribution is -2.56. The topological polar surface area (TPSA) is 215 Å². The van der Waals surface area contributed by atoms with Gasteiger partial charge < -0.3 is 38.3 Å². The highest BCUT2D eigenvalue weighted by molar-refractivity contribution is 5.93. The fourth-order valence-corrected chi connectivity index (χ4v) is 2.29. The van der Waals surface area contributed by atoms with Crippen molar-refractivity contribution < 1.29 is 24.3 Å². The van der Waals surface area contributed by atoms with E-state index in [2.05, 4.69) is 20.9 Å². The molecule has 0 bridgehead atoms. The second kappa shape index (κ2) is 13.3. The molecule has 0 rings (SSSR count). The molecule has 166 valence electrons. The van der Waals surface area contributed by atoms with Crippen molar-refractivity contribution in [2.75, 3.05) is 13.1 Å². The summed E-state index contributed by atoms with van der Waals surface area (Å²) in [5, 5.41) is 16.0. The zero-order valence-electron chi connectivity index (χ0n) is 17.1. The SMILES string of the molecule is CCC(C)C(NC(=O)C(C)NC(=O)C(N)CCCN=C(N)N)C(=O)NCC(=O)O. The third-order valence-corrected chi connectivity index (χ3v) is 4.26. The summed E-state index contributed by atoms with van der Waals surface area (Å²) in [6, 6.07) is -2.71. The molecule has 0 aromatic rings. The maximum atomic E-state index is 12.4. The number of nitrogens with one attached hydrogen (secondary N) is 3. The number of nitrogens with zero attached hydrogens (tertiary/aromatic N) is 1. The van der Waals surface area contributed by atoms with Gasteiger partial charge in [0.2, 0.25) is 17.7 Å². The molecule has 12 heteroatoms. The Bertz CT molecular complexity index is 607. The van der Waals surface area contributed by atoms with E-state index in [-0.39, 0.29) is 11.9 Å². The summed E-state index contributed by atoms with van der Waals surface area (Å²) in [6.45, 7) is 4.83. The second-order valence-electron chi connectivity index (χ2n) is 6.77. The lowest BCUT2D eigenvalue weighted by atomic mass is 9.98. The number of aliphatic carboxylic acids is 1. The van der Waals surface area contributed by atoms with Gasteiger partial charge in [0.05, 0.1) is 6.04 Å². The van der Waals surface area contributed by atoms with E-state index in [0.29, 0.717) is 25.8 Å². The van der Waals surface area contributed by atoms with Gasteiger partial charge in [-0.15, -0.1) is 0 Å². The van der Waals surface area contributed by atoms with Gasteiger partial charge in [-0.05, 0) is 25.7 Å². The van der Waals surface area contributed by atoms with Crippen LogP contribution in [0.1, 0.15) is 40.0 Å². The van der Waals surface area contributed by atoms with Crippen LogP contribution in [0, 0.1) is 5.92 Å². The van der Waals surface area contributed by atoms with E-state index >= 15 is 0 Å². The number of nitrogens with two attached hydrogens (primary N) is 3. The van der Waals surface area contributed by atoms with E-state index in [0.717, 1.165) is 0 Å². The molecule has 4 atom stereocenters. The molecule has 0 aromatic heterocycles. The number of amides is 3. The minimum atomic E-state index is -1.19. The molecule has 10 N–H and O–H groups in total. The average Bonchev–Trinajstić information content (AvgIpc) is 2.65. The highest BCUT2D eigenvalue weighted by Gasteiger charge is 2.28. The number of aliphatic imine (C=N–C) groups is 1. The van der Waals surface area contributed by atoms with Gasteiger partial charge in [0.15, 0.2) is 5.96 Å². The summed E-state index contributed by atoms with van der Waals surface area (Å²) >= 11 is 0. The van der Waals surface area contributed by atoms with Crippen LogP contribution in [0.4, 0.5) is 0 Å². The van der Waals surface area contributed by atoms with Crippen molar-refractivity contribution in [3.05, 3.63) is 0 Å². The molecule has 12 nitrogen and oxygen atoms in total. The summed E-state index contributed by atoms with van der Waals surface area (Å²) in [5.74, 6) is -3.19. The molecule has 4 unspecified atom stereocenters. The number of hydrogen-bond donors (Lipinski definition) is 7. The zero-order chi connectivity index (χ0) is 22.6. The van der Waals surface area contributed by atoms with Crippen molar-refractivity contribution in [1.82, 2.24) is 16.0 Å². The molecule has 0 aliphatic carbocycles. The summed E-state index contributed by atoms with van der Waals surface area (Å²) < 4.78 is 0. The Kier molecular flexibility index (Phi) is 12.0. The average molecular weight is 415 g/mol. The first-order valence-corrected chi connectivity index (χ1v) is 9.40. The van der Waals surface area contributed by atoms with Crippen LogP contribution in [0.25, 0.3) is 0 Å². The molecule has 0 saturated heterocycles. The van der Waals surface area contributed by atoms with Crippen LogP contribution in [0.5, 0.6) is 0 Å². The Labute approximate surface area is 170 Å². The van der Waals surface area contributed by atoms with E-state index in [1.165, 1.54) is 6.92 Å². The van der Waals surface area contributed by atoms with E-state index in [9.17, 15) is 19.2 Å². The Hall–Kier alpha value is -2.89. The van der Waals surface area contributed by atoms with E-state index in [1.54, 1.807) is 6.92 Å². The lowest BCUT2D eigenvalue weighted by Gasteiger charge is -2.25. The summed E-state index contributed by atoms with van der Waals surface area (Å²) in [7, 11) is 0. The van der Waals surface area contributed by atoms with Gasteiger partial charge in [-0.25, -0.2) is 0 Å². The highest BCUT2D eigenvalue weighted by Crippen LogP contribution is 2.08. The van der Waals surface area contributed by atoms with Crippen LogP contribution in [0.15, 0.2) is 4.99 Å². The number of guanidine groups is 1. The first kappa shape index (κ1) is 26.1. The van der Waals surface area contributed by atoms with E-state index in [4.69, 9.17) is 22.3 Å². The summed E-state index contributed by atoms with van der Waals surface area (Å²) in [4.78, 5) is 51.2. The van der Waals surface area contributed by atoms with Crippen molar-refractivity contribution in [2.24, 2.45) is 28.1 Å². The second-order valence-corrected chi connectivity index (χ2v) is 6.77. The zero-order valence-corrected chi connectivity index (χ0v) is 17.1. The van der Waals surface area contributed by atoms with Crippen LogP contribution in [-0.4, -0.2) is 66.0 Å². The van der Waals surface area contributed by atoms with Gasteiger partial charge in [-0.2, -0.15) is 0 Å². The number of carbonyl (C=O) groups is 4. The predicted molar refractivity (Wildman–Crippen MR) is 108 cm³/mol. The summed E-state index contributed by atoms with van der Waals surface area (Å²) in [5.41, 5.74) is 16.2. The molecule has 0 fully saturated rings. The quantitative estimate of drug-likeness (QED) is 0.0975. The number of carboxylic acid groups (broad SMARTS) is 1. The fourth-order valence-electron chi connectivity index (χ4n) is 2.29. The minimum absolute atomic E-state index is 0.0448. The first-order valence-electron chi connectivity index (χ1n) is 9.40. The van der Waals surface area contributed by atoms with Crippen LogP contribution in [-0.2, 0) is 19.2 Å². The largest absolute Gasteiger partial charge is 0.480 e. The number of carbonyl (C=O) groups excluding carboxylic acids is 3. The van der Waals surface area contributed by atoms with Gasteiger partial charge in [0.1, 0.15) is 18.6 Å². The standard InChI is InChI=1S/C17H33N7O5/c1-4-9(2)13(16(29)22-8-12(25)26)24-14(27)10(3)23-15(28)11(18)6-5-7-21-17(19)20/h9-11,13H,4-8,18H2,1-3H3,(H,22,29)(H,23,28)(H,24,27)(H,25,26)(H4,19,20,21). The Morgan fingerprint density at radius 3 is 2.17 bits per heavy atom. The molecular formula is C17H33N7O5. The molecule has 0 radical (unpaired) electrons. The Morgan fingerprint density at radius 1 is 1.03 bits per heavy atom. The number of hydrogen-bond acceptors (Lipinski definition) is 6. The van der Waals surface area contributed by atoms with E-state index < -0.39 is 48.4 Å². The predicted octanol–water partition coefficient (Wildman–Crippen LogP) is -2.40. The molecule has 0 aliphatic rings.